The summed E-state index contributed by atoms with van der Waals surface area (Å²) in [6.07, 6.45) is 2.05. The van der Waals surface area contributed by atoms with Gasteiger partial charge < -0.3 is 10.8 Å². The molecule has 1 aliphatic rings. The standard InChI is InChI=1S/C12H17N3O/c13-12(10-5-2-1-3-6-10)14-15-8-4-7-11(15)9-16/h1-3,5-6,11,16H,4,7-9H2,(H2,13,14). The van der Waals surface area contributed by atoms with E-state index in [2.05, 4.69) is 5.10 Å². The highest BCUT2D eigenvalue weighted by atomic mass is 16.3. The maximum atomic E-state index is 9.17. The van der Waals surface area contributed by atoms with Crippen LogP contribution in [-0.4, -0.2) is 35.1 Å². The second-order valence-corrected chi connectivity index (χ2v) is 3.99. The van der Waals surface area contributed by atoms with Crippen molar-refractivity contribution >= 4 is 5.84 Å². The fourth-order valence-electron chi connectivity index (χ4n) is 1.94. The fourth-order valence-corrected chi connectivity index (χ4v) is 1.94. The third-order valence-corrected chi connectivity index (χ3v) is 2.86. The van der Waals surface area contributed by atoms with Crippen molar-refractivity contribution in [3.8, 4) is 0 Å². The minimum Gasteiger partial charge on any atom is -0.394 e. The lowest BCUT2D eigenvalue weighted by Crippen LogP contribution is -2.30. The summed E-state index contributed by atoms with van der Waals surface area (Å²) in [7, 11) is 0. The Morgan fingerprint density at radius 2 is 2.19 bits per heavy atom. The Balaban J connectivity index is 2.12. The second-order valence-electron chi connectivity index (χ2n) is 3.99. The van der Waals surface area contributed by atoms with Crippen LogP contribution in [0.5, 0.6) is 0 Å². The Kier molecular flexibility index (Phi) is 3.41. The van der Waals surface area contributed by atoms with Gasteiger partial charge >= 0.3 is 0 Å². The zero-order chi connectivity index (χ0) is 11.4. The molecule has 3 N–H and O–H groups in total. The molecule has 1 heterocycles. The highest BCUT2D eigenvalue weighted by Gasteiger charge is 2.22. The molecule has 1 fully saturated rings. The minimum absolute atomic E-state index is 0.127. The smallest absolute Gasteiger partial charge is 0.150 e. The Labute approximate surface area is 95.4 Å². The molecule has 1 aromatic carbocycles. The van der Waals surface area contributed by atoms with Gasteiger partial charge in [0.15, 0.2) is 5.84 Å². The molecule has 0 saturated carbocycles. The predicted octanol–water partition coefficient (Wildman–Crippen LogP) is 0.764. The normalized spacial score (nSPS) is 21.4. The maximum absolute atomic E-state index is 9.17. The lowest BCUT2D eigenvalue weighted by Gasteiger charge is -2.19. The maximum Gasteiger partial charge on any atom is 0.150 e. The zero-order valence-corrected chi connectivity index (χ0v) is 9.21. The summed E-state index contributed by atoms with van der Waals surface area (Å²) >= 11 is 0. The van der Waals surface area contributed by atoms with Crippen LogP contribution in [-0.2, 0) is 0 Å². The van der Waals surface area contributed by atoms with Crippen LogP contribution >= 0.6 is 0 Å². The van der Waals surface area contributed by atoms with Gasteiger partial charge in [-0.25, -0.2) is 0 Å². The largest absolute Gasteiger partial charge is 0.394 e. The first kappa shape index (κ1) is 11.0. The van der Waals surface area contributed by atoms with Gasteiger partial charge in [0.25, 0.3) is 0 Å². The molecule has 1 aliphatic heterocycles. The lowest BCUT2D eigenvalue weighted by molar-refractivity contribution is 0.163. The number of hydrogen-bond donors (Lipinski definition) is 2. The second kappa shape index (κ2) is 4.99. The molecule has 0 radical (unpaired) electrons. The van der Waals surface area contributed by atoms with E-state index in [9.17, 15) is 0 Å². The summed E-state index contributed by atoms with van der Waals surface area (Å²) in [5.74, 6) is 0.515. The number of benzene rings is 1. The van der Waals surface area contributed by atoms with Crippen LogP contribution < -0.4 is 5.73 Å². The first-order valence-corrected chi connectivity index (χ1v) is 5.58. The van der Waals surface area contributed by atoms with Gasteiger partial charge in [-0.3, -0.25) is 5.01 Å². The van der Waals surface area contributed by atoms with Crippen LogP contribution in [0.25, 0.3) is 0 Å². The number of hydrazone groups is 1. The van der Waals surface area contributed by atoms with Crippen molar-refractivity contribution in [2.45, 2.75) is 18.9 Å². The van der Waals surface area contributed by atoms with Crippen molar-refractivity contribution < 1.29 is 5.11 Å². The van der Waals surface area contributed by atoms with E-state index in [1.54, 1.807) is 0 Å². The van der Waals surface area contributed by atoms with E-state index >= 15 is 0 Å². The predicted molar refractivity (Wildman–Crippen MR) is 64.0 cm³/mol. The van der Waals surface area contributed by atoms with Crippen molar-refractivity contribution in [1.82, 2.24) is 5.01 Å². The number of nitrogens with zero attached hydrogens (tertiary/aromatic N) is 2. The number of hydrogen-bond acceptors (Lipinski definition) is 3. The van der Waals surface area contributed by atoms with Gasteiger partial charge in [-0.1, -0.05) is 30.3 Å². The molecule has 1 unspecified atom stereocenters. The summed E-state index contributed by atoms with van der Waals surface area (Å²) in [4.78, 5) is 0. The molecule has 0 amide bonds. The Hall–Kier alpha value is -1.55. The van der Waals surface area contributed by atoms with Crippen LogP contribution in [0.1, 0.15) is 18.4 Å². The van der Waals surface area contributed by atoms with Crippen LogP contribution in [0.2, 0.25) is 0 Å². The third-order valence-electron chi connectivity index (χ3n) is 2.86. The van der Waals surface area contributed by atoms with Gasteiger partial charge in [-0.05, 0) is 12.8 Å². The molecular weight excluding hydrogens is 202 g/mol. The van der Waals surface area contributed by atoms with Gasteiger partial charge in [0, 0.05) is 12.1 Å². The minimum atomic E-state index is 0.127. The molecule has 86 valence electrons. The van der Waals surface area contributed by atoms with Crippen LogP contribution in [0.4, 0.5) is 0 Å². The van der Waals surface area contributed by atoms with Crippen LogP contribution in [0, 0.1) is 0 Å². The number of nitrogens with two attached hydrogens (primary N) is 1. The van der Waals surface area contributed by atoms with Crippen molar-refractivity contribution in [2.24, 2.45) is 10.8 Å². The van der Waals surface area contributed by atoms with Crippen LogP contribution in [0.15, 0.2) is 35.4 Å². The van der Waals surface area contributed by atoms with Crippen LogP contribution in [0.3, 0.4) is 0 Å². The lowest BCUT2D eigenvalue weighted by atomic mass is 10.2. The van der Waals surface area contributed by atoms with Gasteiger partial charge in [0.2, 0.25) is 0 Å². The molecule has 2 rings (SSSR count). The molecular formula is C12H17N3O. The summed E-state index contributed by atoms with van der Waals surface area (Å²) in [6, 6.07) is 9.81. The third kappa shape index (κ3) is 2.33. The van der Waals surface area contributed by atoms with Crippen molar-refractivity contribution in [1.29, 1.82) is 0 Å². The summed E-state index contributed by atoms with van der Waals surface area (Å²) in [5.41, 5.74) is 6.84. The Morgan fingerprint density at radius 1 is 1.44 bits per heavy atom. The molecule has 1 saturated heterocycles. The van der Waals surface area contributed by atoms with E-state index in [0.29, 0.717) is 5.84 Å². The molecule has 4 nitrogen and oxygen atoms in total. The van der Waals surface area contributed by atoms with E-state index < -0.39 is 0 Å². The molecule has 1 atom stereocenters. The summed E-state index contributed by atoms with van der Waals surface area (Å²) < 4.78 is 0. The summed E-state index contributed by atoms with van der Waals surface area (Å²) in [5, 5.41) is 15.4. The molecule has 1 aromatic rings. The number of aliphatic hydroxyl groups is 1. The monoisotopic (exact) mass is 219 g/mol. The Morgan fingerprint density at radius 3 is 2.88 bits per heavy atom. The topological polar surface area (TPSA) is 61.8 Å². The molecule has 4 heteroatoms. The molecule has 16 heavy (non-hydrogen) atoms. The zero-order valence-electron chi connectivity index (χ0n) is 9.21. The van der Waals surface area contributed by atoms with Crippen molar-refractivity contribution in [2.75, 3.05) is 13.2 Å². The van der Waals surface area contributed by atoms with Gasteiger partial charge in [0.1, 0.15) is 0 Å². The van der Waals surface area contributed by atoms with Gasteiger partial charge in [-0.15, -0.1) is 0 Å². The van der Waals surface area contributed by atoms with Crippen molar-refractivity contribution in [3.63, 3.8) is 0 Å². The first-order valence-electron chi connectivity index (χ1n) is 5.58. The quantitative estimate of drug-likeness (QED) is 0.583. The van der Waals surface area contributed by atoms with E-state index in [1.807, 2.05) is 35.3 Å². The number of rotatable bonds is 3. The van der Waals surface area contributed by atoms with E-state index in [0.717, 1.165) is 24.9 Å². The first-order chi connectivity index (χ1) is 7.81. The van der Waals surface area contributed by atoms with E-state index in [1.165, 1.54) is 0 Å². The van der Waals surface area contributed by atoms with Gasteiger partial charge in [0.05, 0.1) is 12.6 Å². The van der Waals surface area contributed by atoms with E-state index in [4.69, 9.17) is 10.8 Å². The van der Waals surface area contributed by atoms with Crippen molar-refractivity contribution in [3.05, 3.63) is 35.9 Å². The SMILES string of the molecule is N/C(=N\N1CCCC1CO)c1ccccc1. The average molecular weight is 219 g/mol. The highest BCUT2D eigenvalue weighted by Crippen LogP contribution is 2.17. The van der Waals surface area contributed by atoms with E-state index in [-0.39, 0.29) is 12.6 Å². The average Bonchev–Trinajstić information content (AvgIpc) is 2.77. The number of aliphatic hydroxyl groups excluding tert-OH is 1. The Bertz CT molecular complexity index is 364. The van der Waals surface area contributed by atoms with Gasteiger partial charge in [-0.2, -0.15) is 5.10 Å². The molecule has 0 aliphatic carbocycles. The molecule has 0 bridgehead atoms. The number of amidine groups is 1. The summed E-state index contributed by atoms with van der Waals surface area (Å²) in [6.45, 7) is 1.02. The molecule has 0 aromatic heterocycles. The fraction of sp³-hybridized carbons (Fsp3) is 0.417. The highest BCUT2D eigenvalue weighted by molar-refractivity contribution is 5.97. The molecule has 0 spiro atoms.